The molecule has 0 saturated heterocycles. The zero-order valence-electron chi connectivity index (χ0n) is 10.4. The molecule has 2 saturated carbocycles. The molecule has 2 fully saturated rings. The largest absolute Gasteiger partial charge is 0.289 e. The Morgan fingerprint density at radius 1 is 0.556 bits per heavy atom. The Hall–Kier alpha value is -1.18. The van der Waals surface area contributed by atoms with Crippen molar-refractivity contribution < 1.29 is 9.59 Å². The lowest BCUT2D eigenvalue weighted by Gasteiger charge is -2.28. The highest BCUT2D eigenvalue weighted by Gasteiger charge is 2.54. The molecule has 18 heavy (non-hydrogen) atoms. The van der Waals surface area contributed by atoms with E-state index < -0.39 is 0 Å². The maximum atomic E-state index is 12.7. The number of Topliss-reactive ketones (excluding diaryl/α,β-unsaturated/α-hetero) is 2. The first kappa shape index (κ1) is 9.71. The second kappa shape index (κ2) is 2.87. The van der Waals surface area contributed by atoms with Gasteiger partial charge >= 0.3 is 0 Å². The first-order valence-corrected chi connectivity index (χ1v) is 7.33. The number of carbonyl (C=O) groups is 2. The highest BCUT2D eigenvalue weighted by Crippen LogP contribution is 2.58. The monoisotopic (exact) mass is 240 g/mol. The van der Waals surface area contributed by atoms with E-state index in [1.54, 1.807) is 0 Å². The predicted octanol–water partition coefficient (Wildman–Crippen LogP) is 2.59. The van der Waals surface area contributed by atoms with Crippen LogP contribution in [0.3, 0.4) is 0 Å². The third-order valence-corrected chi connectivity index (χ3v) is 6.06. The van der Waals surface area contributed by atoms with Crippen LogP contribution in [-0.4, -0.2) is 11.6 Å². The van der Waals surface area contributed by atoms with Crippen molar-refractivity contribution in [1.29, 1.82) is 0 Å². The molecule has 92 valence electrons. The first-order chi connectivity index (χ1) is 8.75. The van der Waals surface area contributed by atoms with Crippen LogP contribution >= 0.6 is 0 Å². The smallest absolute Gasteiger partial charge is 0.186 e. The van der Waals surface area contributed by atoms with Gasteiger partial charge in [0.1, 0.15) is 0 Å². The second-order valence-corrected chi connectivity index (χ2v) is 6.73. The third-order valence-electron chi connectivity index (χ3n) is 6.06. The molecule has 2 heteroatoms. The van der Waals surface area contributed by atoms with Crippen LogP contribution in [-0.2, 0) is 9.59 Å². The van der Waals surface area contributed by atoms with Crippen molar-refractivity contribution in [3.8, 4) is 0 Å². The summed E-state index contributed by atoms with van der Waals surface area (Å²) in [6.45, 7) is 0. The molecule has 0 aromatic heterocycles. The van der Waals surface area contributed by atoms with Crippen LogP contribution in [0.2, 0.25) is 0 Å². The Morgan fingerprint density at radius 3 is 1.11 bits per heavy atom. The van der Waals surface area contributed by atoms with E-state index in [2.05, 4.69) is 0 Å². The van der Waals surface area contributed by atoms with Crippen LogP contribution in [0.1, 0.15) is 38.5 Å². The van der Waals surface area contributed by atoms with Crippen molar-refractivity contribution in [1.82, 2.24) is 0 Å². The molecule has 5 aliphatic carbocycles. The van der Waals surface area contributed by atoms with Crippen LogP contribution in [0.5, 0.6) is 0 Å². The summed E-state index contributed by atoms with van der Waals surface area (Å²) in [5.74, 6) is 2.28. The number of hydrogen-bond donors (Lipinski definition) is 0. The van der Waals surface area contributed by atoms with Crippen LogP contribution in [0, 0.1) is 23.7 Å². The number of fused-ring (bicyclic) bond motifs is 8. The Labute approximate surface area is 106 Å². The molecular weight excluding hydrogens is 224 g/mol. The summed E-state index contributed by atoms with van der Waals surface area (Å²) in [6, 6.07) is 0. The Bertz CT molecular complexity index is 482. The number of hydrogen-bond acceptors (Lipinski definition) is 2. The van der Waals surface area contributed by atoms with Crippen LogP contribution < -0.4 is 0 Å². The van der Waals surface area contributed by atoms with Gasteiger partial charge in [-0.1, -0.05) is 0 Å². The molecule has 5 rings (SSSR count). The number of ketones is 2. The topological polar surface area (TPSA) is 34.1 Å². The fraction of sp³-hybridized carbons (Fsp3) is 0.625. The van der Waals surface area contributed by atoms with E-state index in [4.69, 9.17) is 0 Å². The molecule has 0 aromatic rings. The molecular formula is C16H16O2. The van der Waals surface area contributed by atoms with Crippen molar-refractivity contribution in [3.05, 3.63) is 22.3 Å². The maximum absolute atomic E-state index is 12.7. The standard InChI is InChI=1S/C16H16O2/c17-15-11-7-1-2-8(5-7)12(11)16(18)14-10-4-3-9(6-10)13(14)15/h7-10H,1-6H2/t7-,8-,9-,10-/m1/s1. The molecule has 0 aliphatic heterocycles. The second-order valence-electron chi connectivity index (χ2n) is 6.73. The average Bonchev–Trinajstić information content (AvgIpc) is 3.10. The predicted molar refractivity (Wildman–Crippen MR) is 65.7 cm³/mol. The van der Waals surface area contributed by atoms with Crippen LogP contribution in [0.15, 0.2) is 22.3 Å². The lowest BCUT2D eigenvalue weighted by atomic mass is 9.73. The zero-order valence-corrected chi connectivity index (χ0v) is 10.4. The van der Waals surface area contributed by atoms with Gasteiger partial charge in [0.15, 0.2) is 11.6 Å². The quantitative estimate of drug-likeness (QED) is 0.610. The van der Waals surface area contributed by atoms with Gasteiger partial charge < -0.3 is 0 Å². The van der Waals surface area contributed by atoms with Gasteiger partial charge in [-0.3, -0.25) is 9.59 Å². The van der Waals surface area contributed by atoms with E-state index in [0.717, 1.165) is 60.8 Å². The summed E-state index contributed by atoms with van der Waals surface area (Å²) in [7, 11) is 0. The van der Waals surface area contributed by atoms with Crippen LogP contribution in [0.4, 0.5) is 0 Å². The van der Waals surface area contributed by atoms with Gasteiger partial charge in [-0.05, 0) is 62.2 Å². The van der Waals surface area contributed by atoms with E-state index >= 15 is 0 Å². The molecule has 0 aromatic carbocycles. The lowest BCUT2D eigenvalue weighted by Crippen LogP contribution is -2.30. The van der Waals surface area contributed by atoms with Gasteiger partial charge in [0.2, 0.25) is 0 Å². The van der Waals surface area contributed by atoms with Gasteiger partial charge in [0, 0.05) is 22.3 Å². The van der Waals surface area contributed by atoms with Gasteiger partial charge in [-0.15, -0.1) is 0 Å². The van der Waals surface area contributed by atoms with E-state index in [9.17, 15) is 9.59 Å². The number of carbonyl (C=O) groups excluding carboxylic acids is 2. The lowest BCUT2D eigenvalue weighted by molar-refractivity contribution is -0.117. The highest BCUT2D eigenvalue weighted by atomic mass is 16.1. The van der Waals surface area contributed by atoms with Gasteiger partial charge in [-0.2, -0.15) is 0 Å². The van der Waals surface area contributed by atoms with Gasteiger partial charge in [-0.25, -0.2) is 0 Å². The van der Waals surface area contributed by atoms with E-state index in [0.29, 0.717) is 35.2 Å². The average molecular weight is 240 g/mol. The highest BCUT2D eigenvalue weighted by molar-refractivity contribution is 6.27. The summed E-state index contributed by atoms with van der Waals surface area (Å²) in [5.41, 5.74) is 3.84. The summed E-state index contributed by atoms with van der Waals surface area (Å²) in [5, 5.41) is 0. The zero-order chi connectivity index (χ0) is 12.0. The fourth-order valence-electron chi connectivity index (χ4n) is 5.41. The molecule has 4 bridgehead atoms. The van der Waals surface area contributed by atoms with Crippen molar-refractivity contribution in [2.24, 2.45) is 23.7 Å². The fourth-order valence-corrected chi connectivity index (χ4v) is 5.41. The van der Waals surface area contributed by atoms with Crippen molar-refractivity contribution >= 4 is 11.6 Å². The van der Waals surface area contributed by atoms with Crippen molar-refractivity contribution in [2.75, 3.05) is 0 Å². The molecule has 5 aliphatic rings. The maximum Gasteiger partial charge on any atom is 0.186 e. The van der Waals surface area contributed by atoms with E-state index in [1.807, 2.05) is 0 Å². The summed E-state index contributed by atoms with van der Waals surface area (Å²) >= 11 is 0. The molecule has 2 nitrogen and oxygen atoms in total. The molecule has 0 radical (unpaired) electrons. The van der Waals surface area contributed by atoms with Crippen LogP contribution in [0.25, 0.3) is 0 Å². The first-order valence-electron chi connectivity index (χ1n) is 7.33. The minimum Gasteiger partial charge on any atom is -0.289 e. The molecule has 0 unspecified atom stereocenters. The molecule has 0 N–H and O–H groups in total. The SMILES string of the molecule is O=C1C2=C(C(=O)C3=C1[C@@H]1CC[C@@H]3C1)[C@@H]1CC[C@@H]2C1. The minimum atomic E-state index is 0.291. The van der Waals surface area contributed by atoms with Gasteiger partial charge in [0.05, 0.1) is 0 Å². The Balaban J connectivity index is 1.73. The van der Waals surface area contributed by atoms with Crippen molar-refractivity contribution in [2.45, 2.75) is 38.5 Å². The Morgan fingerprint density at radius 2 is 0.833 bits per heavy atom. The number of allylic oxidation sites excluding steroid dienone is 4. The molecule has 0 heterocycles. The van der Waals surface area contributed by atoms with E-state index in [1.165, 1.54) is 0 Å². The Kier molecular flexibility index (Phi) is 1.55. The molecule has 4 atom stereocenters. The van der Waals surface area contributed by atoms with E-state index in [-0.39, 0.29) is 0 Å². The molecule has 0 amide bonds. The summed E-state index contributed by atoms with van der Waals surface area (Å²) in [4.78, 5) is 25.5. The summed E-state index contributed by atoms with van der Waals surface area (Å²) < 4.78 is 0. The van der Waals surface area contributed by atoms with Gasteiger partial charge in [0.25, 0.3) is 0 Å². The normalized spacial score (nSPS) is 44.2. The minimum absolute atomic E-state index is 0.291. The number of rotatable bonds is 0. The third kappa shape index (κ3) is 0.877. The summed E-state index contributed by atoms with van der Waals surface area (Å²) in [6.07, 6.45) is 6.72. The molecule has 0 spiro atoms. The van der Waals surface area contributed by atoms with Crippen molar-refractivity contribution in [3.63, 3.8) is 0 Å².